The fourth-order valence-corrected chi connectivity index (χ4v) is 4.90. The molecule has 0 spiro atoms. The number of carbonyl (C=O) groups excluding carboxylic acids is 3. The lowest BCUT2D eigenvalue weighted by Crippen LogP contribution is -2.52. The zero-order valence-electron chi connectivity index (χ0n) is 19.0. The van der Waals surface area contributed by atoms with Crippen molar-refractivity contribution < 1.29 is 14.4 Å². The Morgan fingerprint density at radius 2 is 1.77 bits per heavy atom. The van der Waals surface area contributed by atoms with Crippen molar-refractivity contribution in [1.29, 1.82) is 0 Å². The first-order valence-electron chi connectivity index (χ1n) is 11.4. The molecule has 0 saturated carbocycles. The first-order chi connectivity index (χ1) is 17.0. The van der Waals surface area contributed by atoms with Gasteiger partial charge in [0, 0.05) is 42.9 Å². The van der Waals surface area contributed by atoms with E-state index in [1.54, 1.807) is 4.90 Å². The van der Waals surface area contributed by atoms with E-state index in [4.69, 9.17) is 0 Å². The summed E-state index contributed by atoms with van der Waals surface area (Å²) in [5.74, 6) is -0.887. The number of benzene rings is 2. The van der Waals surface area contributed by atoms with E-state index in [1.165, 1.54) is 0 Å². The van der Waals surface area contributed by atoms with E-state index in [2.05, 4.69) is 15.5 Å². The number of para-hydroxylation sites is 1. The predicted octanol–water partition coefficient (Wildman–Crippen LogP) is 2.70. The molecule has 2 aliphatic heterocycles. The second kappa shape index (κ2) is 8.05. The van der Waals surface area contributed by atoms with Gasteiger partial charge in [0.05, 0.1) is 23.8 Å². The molecular weight excluding hydrogens is 444 g/mol. The number of nitrogens with zero attached hydrogens (tertiary/aromatic N) is 5. The average Bonchev–Trinajstić information content (AvgIpc) is 3.57. The second-order valence-electron chi connectivity index (χ2n) is 8.81. The molecule has 9 heteroatoms. The molecule has 0 unspecified atom stereocenters. The smallest absolute Gasteiger partial charge is 0.255 e. The van der Waals surface area contributed by atoms with Gasteiger partial charge >= 0.3 is 0 Å². The summed E-state index contributed by atoms with van der Waals surface area (Å²) in [5.41, 5.74) is 6.09. The average molecular weight is 467 g/mol. The van der Waals surface area contributed by atoms with E-state index in [-0.39, 0.29) is 18.2 Å². The maximum Gasteiger partial charge on any atom is 0.255 e. The van der Waals surface area contributed by atoms with Crippen LogP contribution in [0.1, 0.15) is 28.8 Å². The van der Waals surface area contributed by atoms with Crippen LogP contribution in [0.3, 0.4) is 0 Å². The van der Waals surface area contributed by atoms with Crippen molar-refractivity contribution in [2.45, 2.75) is 25.4 Å². The summed E-state index contributed by atoms with van der Waals surface area (Å²) in [6, 6.07) is 15.0. The first kappa shape index (κ1) is 21.0. The number of hydrogen-bond donors (Lipinski definition) is 1. The van der Waals surface area contributed by atoms with Crippen LogP contribution in [0.25, 0.3) is 28.1 Å². The van der Waals surface area contributed by atoms with Crippen LogP contribution < -0.4 is 5.32 Å². The lowest BCUT2D eigenvalue weighted by Gasteiger charge is -2.29. The van der Waals surface area contributed by atoms with Gasteiger partial charge in [0.25, 0.3) is 5.91 Å². The summed E-state index contributed by atoms with van der Waals surface area (Å²) in [4.78, 5) is 38.5. The van der Waals surface area contributed by atoms with E-state index in [0.29, 0.717) is 18.5 Å². The van der Waals surface area contributed by atoms with Gasteiger partial charge in [-0.1, -0.05) is 24.3 Å². The highest BCUT2D eigenvalue weighted by Crippen LogP contribution is 2.35. The standard InChI is InChI=1S/C26H22N6O3/c1-30-24(18-12-28-32(15-18)19-5-3-2-4-6-19)21(13-27-30)16-7-8-20-17(11-16)14-31(26(20)35)22-9-10-23(33)29-25(22)34/h2-8,11-13,15,22H,9-10,14H2,1H3,(H,29,33,34)/t22-/m0/s1. The van der Waals surface area contributed by atoms with Crippen LogP contribution in [-0.4, -0.2) is 48.2 Å². The molecular formula is C26H22N6O3. The highest BCUT2D eigenvalue weighted by molar-refractivity contribution is 6.05. The first-order valence-corrected chi connectivity index (χ1v) is 11.4. The highest BCUT2D eigenvalue weighted by Gasteiger charge is 2.39. The molecule has 3 amide bonds. The fourth-order valence-electron chi connectivity index (χ4n) is 4.90. The van der Waals surface area contributed by atoms with Crippen LogP contribution >= 0.6 is 0 Å². The lowest BCUT2D eigenvalue weighted by molar-refractivity contribution is -0.136. The SMILES string of the molecule is Cn1ncc(-c2ccc3c(c2)CN([C@H]2CCC(=O)NC2=O)C3=O)c1-c1cnn(-c2ccccc2)c1. The Kier molecular flexibility index (Phi) is 4.84. The fraction of sp³-hybridized carbons (Fsp3) is 0.192. The molecule has 4 aromatic rings. The number of amides is 3. The molecule has 4 heterocycles. The number of carbonyl (C=O) groups is 3. The number of fused-ring (bicyclic) bond motifs is 1. The minimum Gasteiger partial charge on any atom is -0.322 e. The van der Waals surface area contributed by atoms with E-state index in [9.17, 15) is 14.4 Å². The van der Waals surface area contributed by atoms with E-state index in [0.717, 1.165) is 33.6 Å². The predicted molar refractivity (Wildman–Crippen MR) is 127 cm³/mol. The largest absolute Gasteiger partial charge is 0.322 e. The van der Waals surface area contributed by atoms with Crippen molar-refractivity contribution >= 4 is 17.7 Å². The molecule has 1 fully saturated rings. The minimum atomic E-state index is -0.631. The number of aromatic nitrogens is 4. The van der Waals surface area contributed by atoms with Gasteiger partial charge in [-0.2, -0.15) is 10.2 Å². The zero-order valence-corrected chi connectivity index (χ0v) is 19.0. The summed E-state index contributed by atoms with van der Waals surface area (Å²) in [6.07, 6.45) is 6.17. The minimum absolute atomic E-state index is 0.184. The summed E-state index contributed by atoms with van der Waals surface area (Å²) < 4.78 is 3.64. The number of piperidine rings is 1. The van der Waals surface area contributed by atoms with Crippen molar-refractivity contribution in [3.63, 3.8) is 0 Å². The van der Waals surface area contributed by atoms with Gasteiger partial charge in [-0.05, 0) is 41.8 Å². The van der Waals surface area contributed by atoms with Crippen LogP contribution in [0, 0.1) is 0 Å². The Balaban J connectivity index is 1.32. The molecule has 0 bridgehead atoms. The molecule has 0 radical (unpaired) electrons. The summed E-state index contributed by atoms with van der Waals surface area (Å²) in [7, 11) is 1.89. The third-order valence-corrected chi connectivity index (χ3v) is 6.65. The number of aryl methyl sites for hydroxylation is 1. The number of nitrogens with one attached hydrogen (secondary N) is 1. The van der Waals surface area contributed by atoms with Crippen molar-refractivity contribution in [1.82, 2.24) is 29.8 Å². The Morgan fingerprint density at radius 3 is 2.57 bits per heavy atom. The third kappa shape index (κ3) is 3.52. The molecule has 9 nitrogen and oxygen atoms in total. The van der Waals surface area contributed by atoms with Crippen LogP contribution in [-0.2, 0) is 23.2 Å². The summed E-state index contributed by atoms with van der Waals surface area (Å²) >= 11 is 0. The second-order valence-corrected chi connectivity index (χ2v) is 8.81. The zero-order chi connectivity index (χ0) is 24.1. The van der Waals surface area contributed by atoms with E-state index < -0.39 is 11.9 Å². The molecule has 2 aromatic heterocycles. The third-order valence-electron chi connectivity index (χ3n) is 6.65. The van der Waals surface area contributed by atoms with Crippen molar-refractivity contribution in [2.24, 2.45) is 7.05 Å². The van der Waals surface area contributed by atoms with Gasteiger partial charge in [-0.25, -0.2) is 4.68 Å². The summed E-state index contributed by atoms with van der Waals surface area (Å²) in [5, 5.41) is 11.3. The molecule has 6 rings (SSSR count). The van der Waals surface area contributed by atoms with Crippen LogP contribution in [0.15, 0.2) is 67.1 Å². The molecule has 35 heavy (non-hydrogen) atoms. The van der Waals surface area contributed by atoms with Crippen molar-refractivity contribution in [3.8, 4) is 28.1 Å². The maximum absolute atomic E-state index is 13.0. The quantitative estimate of drug-likeness (QED) is 0.466. The number of hydrogen-bond acceptors (Lipinski definition) is 5. The Hall–Kier alpha value is -4.53. The topological polar surface area (TPSA) is 102 Å². The Morgan fingerprint density at radius 1 is 0.943 bits per heavy atom. The molecule has 1 atom stereocenters. The number of rotatable bonds is 4. The molecule has 1 saturated heterocycles. The Labute approximate surface area is 201 Å². The lowest BCUT2D eigenvalue weighted by atomic mass is 9.99. The van der Waals surface area contributed by atoms with Gasteiger partial charge in [0.15, 0.2) is 0 Å². The molecule has 2 aromatic carbocycles. The molecule has 1 N–H and O–H groups in total. The van der Waals surface area contributed by atoms with E-state index >= 15 is 0 Å². The molecule has 0 aliphatic carbocycles. The van der Waals surface area contributed by atoms with Crippen LogP contribution in [0.4, 0.5) is 0 Å². The van der Waals surface area contributed by atoms with Gasteiger partial charge in [0.1, 0.15) is 6.04 Å². The van der Waals surface area contributed by atoms with Gasteiger partial charge < -0.3 is 4.90 Å². The van der Waals surface area contributed by atoms with Gasteiger partial charge in [0.2, 0.25) is 11.8 Å². The number of imide groups is 1. The van der Waals surface area contributed by atoms with Crippen molar-refractivity contribution in [3.05, 3.63) is 78.2 Å². The van der Waals surface area contributed by atoms with E-state index in [1.807, 2.05) is 83.5 Å². The molecule has 2 aliphatic rings. The van der Waals surface area contributed by atoms with Crippen LogP contribution in [0.5, 0.6) is 0 Å². The molecule has 174 valence electrons. The van der Waals surface area contributed by atoms with Gasteiger partial charge in [-0.3, -0.25) is 24.4 Å². The van der Waals surface area contributed by atoms with Crippen LogP contribution in [0.2, 0.25) is 0 Å². The highest BCUT2D eigenvalue weighted by atomic mass is 16.2. The summed E-state index contributed by atoms with van der Waals surface area (Å²) in [6.45, 7) is 0.329. The van der Waals surface area contributed by atoms with Gasteiger partial charge in [-0.15, -0.1) is 0 Å². The maximum atomic E-state index is 13.0. The monoisotopic (exact) mass is 466 g/mol. The normalized spacial score (nSPS) is 17.6. The Bertz CT molecular complexity index is 1490. The van der Waals surface area contributed by atoms with Crippen molar-refractivity contribution in [2.75, 3.05) is 0 Å².